The molecule has 10 heteroatoms. The highest BCUT2D eigenvalue weighted by atomic mass is 35.5. The Balaban J connectivity index is 1.93. The number of pyridine rings is 1. The number of amides is 1. The fourth-order valence-corrected chi connectivity index (χ4v) is 3.54. The summed E-state index contributed by atoms with van der Waals surface area (Å²) in [6, 6.07) is 12.0. The molecule has 0 saturated carbocycles. The lowest BCUT2D eigenvalue weighted by molar-refractivity contribution is -0.142. The Morgan fingerprint density at radius 2 is 1.91 bits per heavy atom. The largest absolute Gasteiger partial charge is 0.461 e. The highest BCUT2D eigenvalue weighted by Crippen LogP contribution is 2.27. The molecule has 1 N–H and O–H groups in total. The average molecular weight is 514 g/mol. The molecule has 2 aromatic carbocycles. The molecule has 0 saturated heterocycles. The van der Waals surface area contributed by atoms with Crippen LogP contribution in [0.25, 0.3) is 11.0 Å². The molecule has 0 bridgehead atoms. The van der Waals surface area contributed by atoms with E-state index in [9.17, 15) is 14.0 Å². The van der Waals surface area contributed by atoms with E-state index < -0.39 is 17.7 Å². The van der Waals surface area contributed by atoms with Crippen molar-refractivity contribution in [2.45, 2.75) is 20.5 Å². The van der Waals surface area contributed by atoms with Crippen LogP contribution >= 0.6 is 23.2 Å². The normalized spacial score (nSPS) is 11.5. The standard InChI is InChI=1S/C25H18Cl2FN3O4/c1-13-23-17(15(11-29-13)12-34-14(2)32)10-18(24(33)31-22-6-4-3-5-21(22)28)25(35-23)30-16-7-8-19(26)20(27)9-16/h3-11H,12H2,1-2H3,(H,31,33). The Kier molecular flexibility index (Phi) is 7.14. The van der Waals surface area contributed by atoms with E-state index in [0.717, 1.165) is 0 Å². The van der Waals surface area contributed by atoms with Crippen molar-refractivity contribution in [1.29, 1.82) is 0 Å². The third kappa shape index (κ3) is 5.50. The van der Waals surface area contributed by atoms with E-state index in [0.29, 0.717) is 32.9 Å². The SMILES string of the molecule is CC(=O)OCc1cnc(C)c2oc(=Nc3ccc(Cl)c(Cl)c3)c(C(=O)Nc3ccccc3F)cc12. The summed E-state index contributed by atoms with van der Waals surface area (Å²) in [5.74, 6) is -1.73. The minimum atomic E-state index is -0.660. The molecule has 2 aromatic heterocycles. The predicted molar refractivity (Wildman–Crippen MR) is 130 cm³/mol. The van der Waals surface area contributed by atoms with Crippen LogP contribution in [-0.2, 0) is 16.1 Å². The maximum Gasteiger partial charge on any atom is 0.302 e. The number of hydrogen-bond acceptors (Lipinski definition) is 6. The number of fused-ring (bicyclic) bond motifs is 1. The van der Waals surface area contributed by atoms with E-state index in [1.54, 1.807) is 31.2 Å². The number of anilines is 1. The molecule has 35 heavy (non-hydrogen) atoms. The summed E-state index contributed by atoms with van der Waals surface area (Å²) < 4.78 is 25.3. The molecule has 1 amide bonds. The van der Waals surface area contributed by atoms with Gasteiger partial charge in [0.25, 0.3) is 5.91 Å². The van der Waals surface area contributed by atoms with Gasteiger partial charge >= 0.3 is 5.97 Å². The van der Waals surface area contributed by atoms with E-state index in [-0.39, 0.29) is 28.4 Å². The molecular weight excluding hydrogens is 496 g/mol. The van der Waals surface area contributed by atoms with Crippen LogP contribution in [0.3, 0.4) is 0 Å². The van der Waals surface area contributed by atoms with Gasteiger partial charge in [-0.25, -0.2) is 9.38 Å². The molecule has 4 rings (SSSR count). The molecular formula is C25H18Cl2FN3O4. The Hall–Kier alpha value is -3.75. The second-order valence-electron chi connectivity index (χ2n) is 7.50. The summed E-state index contributed by atoms with van der Waals surface area (Å²) >= 11 is 12.1. The van der Waals surface area contributed by atoms with Crippen LogP contribution in [0.1, 0.15) is 28.5 Å². The molecule has 2 heterocycles. The number of hydrogen-bond donors (Lipinski definition) is 1. The molecule has 0 radical (unpaired) electrons. The number of carbonyl (C=O) groups excluding carboxylic acids is 2. The number of rotatable bonds is 5. The van der Waals surface area contributed by atoms with Crippen molar-refractivity contribution in [3.8, 4) is 0 Å². The van der Waals surface area contributed by atoms with E-state index in [1.165, 1.54) is 37.4 Å². The van der Waals surface area contributed by atoms with Crippen LogP contribution < -0.4 is 10.9 Å². The molecule has 4 aromatic rings. The highest BCUT2D eigenvalue weighted by molar-refractivity contribution is 6.42. The molecule has 0 aliphatic rings. The number of benzene rings is 2. The first-order valence-corrected chi connectivity index (χ1v) is 11.1. The van der Waals surface area contributed by atoms with Crippen LogP contribution in [-0.4, -0.2) is 16.9 Å². The van der Waals surface area contributed by atoms with Crippen LogP contribution in [0.2, 0.25) is 10.0 Å². The van der Waals surface area contributed by atoms with Gasteiger partial charge in [0.15, 0.2) is 5.58 Å². The van der Waals surface area contributed by atoms with Crippen LogP contribution in [0, 0.1) is 12.7 Å². The summed E-state index contributed by atoms with van der Waals surface area (Å²) in [5, 5.41) is 3.64. The molecule has 0 aliphatic heterocycles. The average Bonchev–Trinajstić information content (AvgIpc) is 2.82. The number of nitrogens with zero attached hydrogens (tertiary/aromatic N) is 2. The van der Waals surface area contributed by atoms with E-state index in [2.05, 4.69) is 15.3 Å². The molecule has 0 atom stereocenters. The van der Waals surface area contributed by atoms with Crippen molar-refractivity contribution < 1.29 is 23.1 Å². The summed E-state index contributed by atoms with van der Waals surface area (Å²) in [5.41, 5.74) is 1.72. The Labute approximate surface area is 209 Å². The van der Waals surface area contributed by atoms with Gasteiger partial charge in [0.2, 0.25) is 5.55 Å². The lowest BCUT2D eigenvalue weighted by Gasteiger charge is -2.11. The van der Waals surface area contributed by atoms with Gasteiger partial charge in [-0.1, -0.05) is 35.3 Å². The monoisotopic (exact) mass is 513 g/mol. The lowest BCUT2D eigenvalue weighted by atomic mass is 10.1. The smallest absolute Gasteiger partial charge is 0.302 e. The van der Waals surface area contributed by atoms with Gasteiger partial charge in [0.05, 0.1) is 27.1 Å². The number of ether oxygens (including phenoxy) is 1. The van der Waals surface area contributed by atoms with Gasteiger partial charge < -0.3 is 14.5 Å². The zero-order valence-corrected chi connectivity index (χ0v) is 20.1. The number of halogens is 3. The molecule has 178 valence electrons. The zero-order chi connectivity index (χ0) is 25.1. The van der Waals surface area contributed by atoms with Gasteiger partial charge in [-0.05, 0) is 43.3 Å². The summed E-state index contributed by atoms with van der Waals surface area (Å²) in [7, 11) is 0. The topological polar surface area (TPSA) is 93.8 Å². The minimum Gasteiger partial charge on any atom is -0.461 e. The van der Waals surface area contributed by atoms with Crippen molar-refractivity contribution in [1.82, 2.24) is 4.98 Å². The van der Waals surface area contributed by atoms with Crippen molar-refractivity contribution in [3.63, 3.8) is 0 Å². The number of esters is 1. The van der Waals surface area contributed by atoms with Gasteiger partial charge in [-0.2, -0.15) is 0 Å². The second-order valence-corrected chi connectivity index (χ2v) is 8.32. The van der Waals surface area contributed by atoms with Crippen molar-refractivity contribution in [2.75, 3.05) is 5.32 Å². The zero-order valence-electron chi connectivity index (χ0n) is 18.6. The first kappa shape index (κ1) is 24.4. The van der Waals surface area contributed by atoms with Crippen molar-refractivity contribution in [3.05, 3.63) is 93.0 Å². The van der Waals surface area contributed by atoms with E-state index >= 15 is 0 Å². The second kappa shape index (κ2) is 10.2. The predicted octanol–water partition coefficient (Wildman–Crippen LogP) is 6.13. The highest BCUT2D eigenvalue weighted by Gasteiger charge is 2.18. The van der Waals surface area contributed by atoms with Crippen LogP contribution in [0.15, 0.2) is 64.1 Å². The molecule has 7 nitrogen and oxygen atoms in total. The summed E-state index contributed by atoms with van der Waals surface area (Å²) in [6.07, 6.45) is 1.53. The molecule has 0 unspecified atom stereocenters. The maximum atomic E-state index is 14.2. The Morgan fingerprint density at radius 1 is 1.14 bits per heavy atom. The Morgan fingerprint density at radius 3 is 2.63 bits per heavy atom. The van der Waals surface area contributed by atoms with Gasteiger partial charge in [0, 0.05) is 24.1 Å². The molecule has 0 aliphatic carbocycles. The molecule has 0 spiro atoms. The fraction of sp³-hybridized carbons (Fsp3) is 0.120. The van der Waals surface area contributed by atoms with E-state index in [1.807, 2.05) is 0 Å². The number of para-hydroxylation sites is 1. The fourth-order valence-electron chi connectivity index (χ4n) is 3.25. The quantitative estimate of drug-likeness (QED) is 0.324. The first-order valence-electron chi connectivity index (χ1n) is 10.3. The Bertz CT molecular complexity index is 1540. The molecule has 0 fully saturated rings. The summed E-state index contributed by atoms with van der Waals surface area (Å²) in [6.45, 7) is 2.94. The third-order valence-corrected chi connectivity index (χ3v) is 5.72. The summed E-state index contributed by atoms with van der Waals surface area (Å²) in [4.78, 5) is 33.3. The number of aromatic nitrogens is 1. The number of carbonyl (C=O) groups is 2. The van der Waals surface area contributed by atoms with Gasteiger partial charge in [-0.3, -0.25) is 14.6 Å². The van der Waals surface area contributed by atoms with Gasteiger partial charge in [0.1, 0.15) is 18.0 Å². The number of aryl methyl sites for hydroxylation is 1. The lowest BCUT2D eigenvalue weighted by Crippen LogP contribution is -2.22. The van der Waals surface area contributed by atoms with Crippen molar-refractivity contribution in [2.24, 2.45) is 4.99 Å². The van der Waals surface area contributed by atoms with Gasteiger partial charge in [-0.15, -0.1) is 0 Å². The first-order chi connectivity index (χ1) is 16.7. The van der Waals surface area contributed by atoms with Crippen molar-refractivity contribution >= 4 is 57.4 Å². The van der Waals surface area contributed by atoms with Crippen LogP contribution in [0.4, 0.5) is 15.8 Å². The number of nitrogens with one attached hydrogen (secondary N) is 1. The van der Waals surface area contributed by atoms with Crippen LogP contribution in [0.5, 0.6) is 0 Å². The maximum absolute atomic E-state index is 14.2. The third-order valence-electron chi connectivity index (χ3n) is 4.98. The minimum absolute atomic E-state index is 0.0101. The van der Waals surface area contributed by atoms with E-state index in [4.69, 9.17) is 32.4 Å².